The molecule has 2 heterocycles. The molecule has 2 aromatic heterocycles. The van der Waals surface area contributed by atoms with Gasteiger partial charge in [-0.1, -0.05) is 0 Å². The minimum Gasteiger partial charge on any atom is -0.472 e. The molecule has 0 fully saturated rings. The monoisotopic (exact) mass is 231 g/mol. The van der Waals surface area contributed by atoms with Gasteiger partial charge in [0.05, 0.1) is 12.5 Å². The van der Waals surface area contributed by atoms with Gasteiger partial charge in [-0.3, -0.25) is 0 Å². The van der Waals surface area contributed by atoms with E-state index in [1.807, 2.05) is 24.4 Å². The van der Waals surface area contributed by atoms with E-state index in [0.717, 1.165) is 30.2 Å². The van der Waals surface area contributed by atoms with Gasteiger partial charge in [0.15, 0.2) is 0 Å². The van der Waals surface area contributed by atoms with Crippen LogP contribution in [0, 0.1) is 0 Å². The number of nitrogens with zero attached hydrogens (tertiary/aromatic N) is 2. The summed E-state index contributed by atoms with van der Waals surface area (Å²) >= 11 is 0. The summed E-state index contributed by atoms with van der Waals surface area (Å²) < 4.78 is 5.06. The zero-order chi connectivity index (χ0) is 12.1. The predicted molar refractivity (Wildman–Crippen MR) is 69.2 cm³/mol. The van der Waals surface area contributed by atoms with Crippen LogP contribution in [0.15, 0.2) is 41.3 Å². The standard InChI is InChI=1S/C13H17N3O/c1-3-14-13-8-12(4-6-15-13)16(2)9-11-5-7-17-10-11/h4-8,10H,3,9H2,1-2H3,(H,14,15). The van der Waals surface area contributed by atoms with Crippen molar-refractivity contribution >= 4 is 11.5 Å². The lowest BCUT2D eigenvalue weighted by atomic mass is 10.3. The molecule has 1 N–H and O–H groups in total. The number of hydrogen-bond acceptors (Lipinski definition) is 4. The van der Waals surface area contributed by atoms with E-state index in [0.29, 0.717) is 0 Å². The molecule has 0 bridgehead atoms. The van der Waals surface area contributed by atoms with Crippen molar-refractivity contribution in [3.63, 3.8) is 0 Å². The second-order valence-corrected chi connectivity index (χ2v) is 3.92. The van der Waals surface area contributed by atoms with Crippen LogP contribution >= 0.6 is 0 Å². The fourth-order valence-corrected chi connectivity index (χ4v) is 1.68. The maximum Gasteiger partial charge on any atom is 0.127 e. The lowest BCUT2D eigenvalue weighted by Crippen LogP contribution is -2.16. The highest BCUT2D eigenvalue weighted by atomic mass is 16.3. The molecule has 0 aliphatic carbocycles. The summed E-state index contributed by atoms with van der Waals surface area (Å²) in [6.07, 6.45) is 5.28. The van der Waals surface area contributed by atoms with Crippen molar-refractivity contribution in [2.45, 2.75) is 13.5 Å². The first kappa shape index (κ1) is 11.5. The van der Waals surface area contributed by atoms with Crippen LogP contribution in [0.25, 0.3) is 0 Å². The molecular weight excluding hydrogens is 214 g/mol. The number of nitrogens with one attached hydrogen (secondary N) is 1. The van der Waals surface area contributed by atoms with Gasteiger partial charge in [0, 0.05) is 43.7 Å². The van der Waals surface area contributed by atoms with Gasteiger partial charge in [-0.05, 0) is 19.1 Å². The van der Waals surface area contributed by atoms with Gasteiger partial charge in [0.25, 0.3) is 0 Å². The minimum atomic E-state index is 0.825. The first-order valence-electron chi connectivity index (χ1n) is 5.71. The summed E-state index contributed by atoms with van der Waals surface area (Å²) in [5, 5.41) is 3.21. The second kappa shape index (κ2) is 5.39. The third kappa shape index (κ3) is 3.00. The molecule has 4 heteroatoms. The molecule has 90 valence electrons. The van der Waals surface area contributed by atoms with E-state index >= 15 is 0 Å². The summed E-state index contributed by atoms with van der Waals surface area (Å²) in [5.41, 5.74) is 2.30. The number of rotatable bonds is 5. The largest absolute Gasteiger partial charge is 0.472 e. The average Bonchev–Trinajstić information content (AvgIpc) is 2.83. The number of hydrogen-bond donors (Lipinski definition) is 1. The van der Waals surface area contributed by atoms with Gasteiger partial charge in [-0.2, -0.15) is 0 Å². The SMILES string of the molecule is CCNc1cc(N(C)Cc2ccoc2)ccn1. The Hall–Kier alpha value is -1.97. The summed E-state index contributed by atoms with van der Waals surface area (Å²) in [5.74, 6) is 0.907. The van der Waals surface area contributed by atoms with Gasteiger partial charge in [0.2, 0.25) is 0 Å². The van der Waals surface area contributed by atoms with Gasteiger partial charge < -0.3 is 14.6 Å². The second-order valence-electron chi connectivity index (χ2n) is 3.92. The Morgan fingerprint density at radius 3 is 3.00 bits per heavy atom. The molecule has 17 heavy (non-hydrogen) atoms. The van der Waals surface area contributed by atoms with E-state index in [-0.39, 0.29) is 0 Å². The van der Waals surface area contributed by atoms with E-state index in [1.54, 1.807) is 12.5 Å². The van der Waals surface area contributed by atoms with Crippen molar-refractivity contribution in [2.24, 2.45) is 0 Å². The van der Waals surface area contributed by atoms with Crippen LogP contribution in [0.2, 0.25) is 0 Å². The minimum absolute atomic E-state index is 0.825. The van der Waals surface area contributed by atoms with E-state index < -0.39 is 0 Å². The van der Waals surface area contributed by atoms with Crippen molar-refractivity contribution in [1.82, 2.24) is 4.98 Å². The van der Waals surface area contributed by atoms with Crippen LogP contribution in [0.3, 0.4) is 0 Å². The number of pyridine rings is 1. The van der Waals surface area contributed by atoms with Gasteiger partial charge >= 0.3 is 0 Å². The molecule has 0 aliphatic heterocycles. The fourth-order valence-electron chi connectivity index (χ4n) is 1.68. The highest BCUT2D eigenvalue weighted by Gasteiger charge is 2.04. The average molecular weight is 231 g/mol. The number of furan rings is 1. The van der Waals surface area contributed by atoms with E-state index in [2.05, 4.69) is 29.2 Å². The normalized spacial score (nSPS) is 10.2. The van der Waals surface area contributed by atoms with E-state index in [9.17, 15) is 0 Å². The van der Waals surface area contributed by atoms with Crippen molar-refractivity contribution in [3.8, 4) is 0 Å². The molecule has 4 nitrogen and oxygen atoms in total. The number of aromatic nitrogens is 1. The Morgan fingerprint density at radius 2 is 2.29 bits per heavy atom. The third-order valence-electron chi connectivity index (χ3n) is 2.54. The molecule has 2 rings (SSSR count). The Balaban J connectivity index is 2.07. The summed E-state index contributed by atoms with van der Waals surface area (Å²) in [7, 11) is 2.05. The smallest absolute Gasteiger partial charge is 0.127 e. The molecule has 0 amide bonds. The van der Waals surface area contributed by atoms with Gasteiger partial charge in [0.1, 0.15) is 5.82 Å². The van der Waals surface area contributed by atoms with E-state index in [4.69, 9.17) is 4.42 Å². The molecular formula is C13H17N3O. The van der Waals surface area contributed by atoms with E-state index in [1.165, 1.54) is 0 Å². The molecule has 0 radical (unpaired) electrons. The Morgan fingerprint density at radius 1 is 1.41 bits per heavy atom. The highest BCUT2D eigenvalue weighted by molar-refractivity contribution is 5.53. The van der Waals surface area contributed by atoms with Gasteiger partial charge in [-0.25, -0.2) is 4.98 Å². The highest BCUT2D eigenvalue weighted by Crippen LogP contribution is 2.18. The lowest BCUT2D eigenvalue weighted by Gasteiger charge is -2.18. The third-order valence-corrected chi connectivity index (χ3v) is 2.54. The first-order chi connectivity index (χ1) is 8.29. The van der Waals surface area contributed by atoms with Crippen LogP contribution < -0.4 is 10.2 Å². The maximum atomic E-state index is 5.06. The Kier molecular flexibility index (Phi) is 3.65. The van der Waals surface area contributed by atoms with Crippen LogP contribution in [0.5, 0.6) is 0 Å². The van der Waals surface area contributed by atoms with Crippen LogP contribution in [0.4, 0.5) is 11.5 Å². The van der Waals surface area contributed by atoms with Crippen LogP contribution in [-0.2, 0) is 6.54 Å². The lowest BCUT2D eigenvalue weighted by molar-refractivity contribution is 0.563. The topological polar surface area (TPSA) is 41.3 Å². The summed E-state index contributed by atoms with van der Waals surface area (Å²) in [6, 6.07) is 6.02. The van der Waals surface area contributed by atoms with Crippen LogP contribution in [0.1, 0.15) is 12.5 Å². The van der Waals surface area contributed by atoms with Crippen molar-refractivity contribution in [1.29, 1.82) is 0 Å². The molecule has 0 saturated carbocycles. The van der Waals surface area contributed by atoms with Crippen molar-refractivity contribution in [2.75, 3.05) is 23.8 Å². The molecule has 0 aromatic carbocycles. The molecule has 0 spiro atoms. The Labute approximate surface area is 101 Å². The summed E-state index contributed by atoms with van der Waals surface area (Å²) in [4.78, 5) is 6.41. The molecule has 0 aliphatic rings. The fraction of sp³-hybridized carbons (Fsp3) is 0.308. The molecule has 2 aromatic rings. The van der Waals surface area contributed by atoms with Gasteiger partial charge in [-0.15, -0.1) is 0 Å². The van der Waals surface area contributed by atoms with Crippen molar-refractivity contribution in [3.05, 3.63) is 42.5 Å². The molecule has 0 unspecified atom stereocenters. The number of anilines is 2. The quantitative estimate of drug-likeness (QED) is 0.859. The van der Waals surface area contributed by atoms with Crippen LogP contribution in [-0.4, -0.2) is 18.6 Å². The maximum absolute atomic E-state index is 5.06. The predicted octanol–water partition coefficient (Wildman–Crippen LogP) is 2.74. The molecule has 0 saturated heterocycles. The van der Waals surface area contributed by atoms with Crippen molar-refractivity contribution < 1.29 is 4.42 Å². The molecule has 0 atom stereocenters. The first-order valence-corrected chi connectivity index (χ1v) is 5.71. The Bertz CT molecular complexity index is 453. The zero-order valence-electron chi connectivity index (χ0n) is 10.2. The zero-order valence-corrected chi connectivity index (χ0v) is 10.2. The summed E-state index contributed by atoms with van der Waals surface area (Å²) in [6.45, 7) is 3.76.